The Morgan fingerprint density at radius 2 is 1.83 bits per heavy atom. The molecule has 156 valence electrons. The number of imidazole rings is 1. The van der Waals surface area contributed by atoms with Gasteiger partial charge in [-0.15, -0.1) is 24.8 Å². The van der Waals surface area contributed by atoms with Crippen LogP contribution in [-0.2, 0) is 9.53 Å². The maximum atomic E-state index is 13.1. The van der Waals surface area contributed by atoms with Crippen LogP contribution in [0.25, 0.3) is 22.4 Å². The summed E-state index contributed by atoms with van der Waals surface area (Å²) in [6, 6.07) is 11.7. The molecule has 0 radical (unpaired) electrons. The zero-order valence-electron chi connectivity index (χ0n) is 15.8. The number of halogens is 3. The number of nitrogens with zero attached hydrogens (tertiary/aromatic N) is 1. The Kier molecular flexibility index (Phi) is 7.60. The largest absolute Gasteiger partial charge is 0.368 e. The van der Waals surface area contributed by atoms with Crippen LogP contribution < -0.4 is 10.6 Å². The monoisotopic (exact) mass is 440 g/mol. The second-order valence-electron chi connectivity index (χ2n) is 6.73. The molecule has 1 amide bonds. The van der Waals surface area contributed by atoms with Crippen molar-refractivity contribution < 1.29 is 13.9 Å². The molecule has 0 unspecified atom stereocenters. The molecule has 1 fully saturated rings. The fourth-order valence-corrected chi connectivity index (χ4v) is 3.43. The highest BCUT2D eigenvalue weighted by atomic mass is 35.5. The predicted octanol–water partition coefficient (Wildman–Crippen LogP) is 3.92. The maximum absolute atomic E-state index is 13.1. The number of fused-ring (bicyclic) bond motifs is 1. The predicted molar refractivity (Wildman–Crippen MR) is 116 cm³/mol. The van der Waals surface area contributed by atoms with Crippen molar-refractivity contribution in [2.24, 2.45) is 0 Å². The van der Waals surface area contributed by atoms with Gasteiger partial charge < -0.3 is 20.4 Å². The van der Waals surface area contributed by atoms with E-state index < -0.39 is 5.60 Å². The fraction of sp³-hybridized carbons (Fsp3) is 0.300. The molecule has 0 spiro atoms. The third-order valence-electron chi connectivity index (χ3n) is 5.07. The molecule has 9 heteroatoms. The molecule has 1 aliphatic heterocycles. The highest BCUT2D eigenvalue weighted by molar-refractivity contribution is 5.99. The van der Waals surface area contributed by atoms with E-state index in [-0.39, 0.29) is 36.5 Å². The minimum atomic E-state index is -0.798. The maximum Gasteiger partial charge on any atom is 0.256 e. The van der Waals surface area contributed by atoms with Gasteiger partial charge in [0, 0.05) is 18.4 Å². The van der Waals surface area contributed by atoms with Gasteiger partial charge in [-0.2, -0.15) is 0 Å². The molecule has 1 aliphatic rings. The van der Waals surface area contributed by atoms with Gasteiger partial charge in [0.15, 0.2) is 0 Å². The summed E-state index contributed by atoms with van der Waals surface area (Å²) >= 11 is 0. The Bertz CT molecular complexity index is 972. The van der Waals surface area contributed by atoms with Crippen LogP contribution >= 0.6 is 24.8 Å². The standard InChI is InChI=1S/C20H21FN4O2.2ClH/c1-27-20(8-10-22-11-9-20)19(26)23-15-6-7-16-17(12-15)25-18(24-16)13-2-4-14(21)5-3-13;;/h2-7,12,22H,8-11H2,1H3,(H,23,26)(H,24,25);2*1H. The molecule has 1 saturated heterocycles. The number of hydrogen-bond acceptors (Lipinski definition) is 4. The molecule has 1 aromatic heterocycles. The lowest BCUT2D eigenvalue weighted by atomic mass is 9.91. The van der Waals surface area contributed by atoms with Crippen LogP contribution in [0.15, 0.2) is 42.5 Å². The van der Waals surface area contributed by atoms with E-state index in [9.17, 15) is 9.18 Å². The SMILES string of the molecule is COC1(C(=O)Nc2ccc3nc(-c4ccc(F)cc4)[nH]c3c2)CCNCC1.Cl.Cl. The number of carbonyl (C=O) groups is 1. The van der Waals surface area contributed by atoms with Gasteiger partial charge in [-0.1, -0.05) is 0 Å². The van der Waals surface area contributed by atoms with Gasteiger partial charge in [0.25, 0.3) is 5.91 Å². The zero-order valence-corrected chi connectivity index (χ0v) is 17.5. The zero-order chi connectivity index (χ0) is 18.9. The summed E-state index contributed by atoms with van der Waals surface area (Å²) < 4.78 is 18.7. The van der Waals surface area contributed by atoms with Crippen molar-refractivity contribution in [2.75, 3.05) is 25.5 Å². The summed E-state index contributed by atoms with van der Waals surface area (Å²) in [5.41, 5.74) is 2.25. The lowest BCUT2D eigenvalue weighted by molar-refractivity contribution is -0.140. The number of aromatic nitrogens is 2. The van der Waals surface area contributed by atoms with Crippen LogP contribution in [0.1, 0.15) is 12.8 Å². The van der Waals surface area contributed by atoms with Crippen LogP contribution in [-0.4, -0.2) is 41.7 Å². The Hall–Kier alpha value is -2.19. The number of nitrogens with one attached hydrogen (secondary N) is 3. The molecule has 0 atom stereocenters. The highest BCUT2D eigenvalue weighted by Crippen LogP contribution is 2.27. The average Bonchev–Trinajstić information content (AvgIpc) is 3.12. The number of benzene rings is 2. The summed E-state index contributed by atoms with van der Waals surface area (Å²) in [5, 5.41) is 6.20. The quantitative estimate of drug-likeness (QED) is 0.574. The normalized spacial score (nSPS) is 15.2. The van der Waals surface area contributed by atoms with E-state index in [0.717, 1.165) is 29.7 Å². The van der Waals surface area contributed by atoms with Crippen LogP contribution in [0.4, 0.5) is 10.1 Å². The number of H-pyrrole nitrogens is 1. The van der Waals surface area contributed by atoms with E-state index in [1.807, 2.05) is 18.2 Å². The fourth-order valence-electron chi connectivity index (χ4n) is 3.43. The van der Waals surface area contributed by atoms with Gasteiger partial charge in [-0.05, 0) is 68.4 Å². The molecule has 29 heavy (non-hydrogen) atoms. The lowest BCUT2D eigenvalue weighted by Gasteiger charge is -2.34. The lowest BCUT2D eigenvalue weighted by Crippen LogP contribution is -2.51. The number of anilines is 1. The van der Waals surface area contributed by atoms with E-state index in [4.69, 9.17) is 4.74 Å². The van der Waals surface area contributed by atoms with Gasteiger partial charge in [-0.25, -0.2) is 9.37 Å². The number of aromatic amines is 1. The molecule has 0 saturated carbocycles. The molecule has 6 nitrogen and oxygen atoms in total. The van der Waals surface area contributed by atoms with Gasteiger partial charge in [-0.3, -0.25) is 4.79 Å². The molecule has 4 rings (SSSR count). The average molecular weight is 441 g/mol. The molecule has 2 aromatic carbocycles. The molecule has 2 heterocycles. The van der Waals surface area contributed by atoms with Crippen molar-refractivity contribution >= 4 is 47.4 Å². The third kappa shape index (κ3) is 4.70. The summed E-state index contributed by atoms with van der Waals surface area (Å²) in [6.45, 7) is 1.50. The molecular formula is C20H23Cl2FN4O2. The summed E-state index contributed by atoms with van der Waals surface area (Å²) in [6.07, 6.45) is 1.27. The number of carbonyl (C=O) groups excluding carboxylic acids is 1. The number of amides is 1. The molecule has 0 aliphatic carbocycles. The molecule has 0 bridgehead atoms. The first-order valence-corrected chi connectivity index (χ1v) is 8.93. The van der Waals surface area contributed by atoms with Gasteiger partial charge in [0.2, 0.25) is 0 Å². The third-order valence-corrected chi connectivity index (χ3v) is 5.07. The van der Waals surface area contributed by atoms with E-state index >= 15 is 0 Å². The van der Waals surface area contributed by atoms with Crippen LogP contribution in [0.5, 0.6) is 0 Å². The van der Waals surface area contributed by atoms with Gasteiger partial charge in [0.1, 0.15) is 17.2 Å². The second-order valence-corrected chi connectivity index (χ2v) is 6.73. The number of ether oxygens (including phenoxy) is 1. The van der Waals surface area contributed by atoms with Crippen LogP contribution in [0.3, 0.4) is 0 Å². The van der Waals surface area contributed by atoms with Crippen molar-refractivity contribution in [3.8, 4) is 11.4 Å². The Morgan fingerprint density at radius 3 is 2.48 bits per heavy atom. The van der Waals surface area contributed by atoms with E-state index in [1.54, 1.807) is 19.2 Å². The topological polar surface area (TPSA) is 79.0 Å². The van der Waals surface area contributed by atoms with Crippen molar-refractivity contribution in [3.63, 3.8) is 0 Å². The second kappa shape index (κ2) is 9.54. The summed E-state index contributed by atoms with van der Waals surface area (Å²) in [5.74, 6) is 0.231. The number of methoxy groups -OCH3 is 1. The van der Waals surface area contributed by atoms with Crippen molar-refractivity contribution in [1.82, 2.24) is 15.3 Å². The van der Waals surface area contributed by atoms with Crippen molar-refractivity contribution in [2.45, 2.75) is 18.4 Å². The van der Waals surface area contributed by atoms with Gasteiger partial charge >= 0.3 is 0 Å². The van der Waals surface area contributed by atoms with Crippen molar-refractivity contribution in [1.29, 1.82) is 0 Å². The highest BCUT2D eigenvalue weighted by Gasteiger charge is 2.39. The Labute approximate surface area is 180 Å². The van der Waals surface area contributed by atoms with Crippen LogP contribution in [0, 0.1) is 5.82 Å². The van der Waals surface area contributed by atoms with Crippen molar-refractivity contribution in [3.05, 3.63) is 48.3 Å². The molecule has 3 N–H and O–H groups in total. The first-order chi connectivity index (χ1) is 13.1. The van der Waals surface area contributed by atoms with E-state index in [0.29, 0.717) is 24.4 Å². The summed E-state index contributed by atoms with van der Waals surface area (Å²) in [4.78, 5) is 20.5. The minimum Gasteiger partial charge on any atom is -0.368 e. The molecule has 3 aromatic rings. The Balaban J connectivity index is 0.00000150. The smallest absolute Gasteiger partial charge is 0.256 e. The van der Waals surface area contributed by atoms with E-state index in [2.05, 4.69) is 20.6 Å². The Morgan fingerprint density at radius 1 is 1.14 bits per heavy atom. The number of piperidine rings is 1. The number of rotatable bonds is 4. The minimum absolute atomic E-state index is 0. The number of hydrogen-bond donors (Lipinski definition) is 3. The molecular weight excluding hydrogens is 418 g/mol. The van der Waals surface area contributed by atoms with Crippen LogP contribution in [0.2, 0.25) is 0 Å². The van der Waals surface area contributed by atoms with E-state index in [1.165, 1.54) is 12.1 Å². The first kappa shape index (κ1) is 23.1. The summed E-state index contributed by atoms with van der Waals surface area (Å²) in [7, 11) is 1.58. The van der Waals surface area contributed by atoms with Gasteiger partial charge in [0.05, 0.1) is 11.0 Å². The first-order valence-electron chi connectivity index (χ1n) is 8.93.